The average Bonchev–Trinajstić information content (AvgIpc) is 2.48. The van der Waals surface area contributed by atoms with Crippen molar-refractivity contribution in [3.05, 3.63) is 18.2 Å². The number of phenolic OH excluding ortho intramolecular Hbond substituents is 1. The van der Waals surface area contributed by atoms with Gasteiger partial charge in [-0.25, -0.2) is 0 Å². The van der Waals surface area contributed by atoms with Crippen LogP contribution >= 0.6 is 0 Å². The van der Waals surface area contributed by atoms with Crippen molar-refractivity contribution >= 4 is 12.6 Å². The SMILES string of the molecule is COc1ccc(O)c(B2OC(C)(C)C(C)(C)O2)c1. The number of ether oxygens (including phenoxy) is 1. The highest BCUT2D eigenvalue weighted by atomic mass is 16.7. The van der Waals surface area contributed by atoms with Crippen LogP contribution in [0.5, 0.6) is 11.5 Å². The maximum atomic E-state index is 9.92. The molecule has 0 unspecified atom stereocenters. The third-order valence-corrected chi connectivity index (χ3v) is 3.74. The predicted octanol–water partition coefficient (Wildman–Crippen LogP) is 1.70. The van der Waals surface area contributed by atoms with E-state index >= 15 is 0 Å². The third kappa shape index (κ3) is 2.08. The average molecular weight is 250 g/mol. The van der Waals surface area contributed by atoms with Gasteiger partial charge in [-0.1, -0.05) is 0 Å². The molecular weight excluding hydrogens is 231 g/mol. The number of benzene rings is 1. The second-order valence-electron chi connectivity index (χ2n) is 5.51. The minimum atomic E-state index is -0.579. The summed E-state index contributed by atoms with van der Waals surface area (Å²) in [6, 6.07) is 5.01. The molecule has 5 heteroatoms. The molecule has 4 nitrogen and oxygen atoms in total. The lowest BCUT2D eigenvalue weighted by Gasteiger charge is -2.32. The smallest absolute Gasteiger partial charge is 0.498 e. The van der Waals surface area contributed by atoms with Crippen LogP contribution in [0.4, 0.5) is 0 Å². The summed E-state index contributed by atoms with van der Waals surface area (Å²) < 4.78 is 16.9. The Morgan fingerprint density at radius 1 is 1.11 bits per heavy atom. The lowest BCUT2D eigenvalue weighted by molar-refractivity contribution is 0.00578. The maximum absolute atomic E-state index is 9.92. The first kappa shape index (κ1) is 13.2. The first-order chi connectivity index (χ1) is 8.27. The molecule has 1 heterocycles. The van der Waals surface area contributed by atoms with E-state index in [9.17, 15) is 5.11 Å². The molecule has 1 fully saturated rings. The summed E-state index contributed by atoms with van der Waals surface area (Å²) in [5.41, 5.74) is -0.256. The van der Waals surface area contributed by atoms with Gasteiger partial charge in [-0.15, -0.1) is 0 Å². The van der Waals surface area contributed by atoms with Crippen LogP contribution in [0, 0.1) is 0 Å². The van der Waals surface area contributed by atoms with E-state index in [4.69, 9.17) is 14.0 Å². The molecule has 1 aliphatic rings. The normalized spacial score (nSPS) is 21.1. The van der Waals surface area contributed by atoms with Gasteiger partial charge in [-0.2, -0.15) is 0 Å². The molecule has 1 aromatic carbocycles. The van der Waals surface area contributed by atoms with Crippen molar-refractivity contribution in [1.82, 2.24) is 0 Å². The Balaban J connectivity index is 2.34. The standard InChI is InChI=1S/C13H19BO4/c1-12(2)13(3,4)18-14(17-12)10-8-9(16-5)6-7-11(10)15/h6-8,15H,1-5H3. The highest BCUT2D eigenvalue weighted by Crippen LogP contribution is 2.37. The number of phenols is 1. The van der Waals surface area contributed by atoms with Crippen molar-refractivity contribution in [3.63, 3.8) is 0 Å². The fourth-order valence-electron chi connectivity index (χ4n) is 1.82. The van der Waals surface area contributed by atoms with E-state index in [2.05, 4.69) is 0 Å². The molecule has 0 aromatic heterocycles. The fraction of sp³-hybridized carbons (Fsp3) is 0.538. The Morgan fingerprint density at radius 3 is 2.17 bits per heavy atom. The Labute approximate surface area is 108 Å². The summed E-state index contributed by atoms with van der Waals surface area (Å²) in [4.78, 5) is 0. The summed E-state index contributed by atoms with van der Waals surface area (Å²) in [6.45, 7) is 7.91. The molecule has 2 rings (SSSR count). The lowest BCUT2D eigenvalue weighted by Crippen LogP contribution is -2.41. The molecule has 0 bridgehead atoms. The largest absolute Gasteiger partial charge is 0.508 e. The van der Waals surface area contributed by atoms with Crippen molar-refractivity contribution in [3.8, 4) is 11.5 Å². The second kappa shape index (κ2) is 4.18. The van der Waals surface area contributed by atoms with E-state index < -0.39 is 18.3 Å². The third-order valence-electron chi connectivity index (χ3n) is 3.74. The van der Waals surface area contributed by atoms with E-state index in [0.29, 0.717) is 11.2 Å². The van der Waals surface area contributed by atoms with Gasteiger partial charge in [-0.05, 0) is 45.9 Å². The molecule has 0 atom stereocenters. The number of rotatable bonds is 2. The monoisotopic (exact) mass is 250 g/mol. The van der Waals surface area contributed by atoms with Gasteiger partial charge >= 0.3 is 7.12 Å². The molecule has 1 aromatic rings. The number of hydrogen-bond donors (Lipinski definition) is 1. The highest BCUT2D eigenvalue weighted by molar-refractivity contribution is 6.63. The van der Waals surface area contributed by atoms with Gasteiger partial charge in [0.25, 0.3) is 0 Å². The lowest BCUT2D eigenvalue weighted by atomic mass is 9.78. The van der Waals surface area contributed by atoms with Crippen molar-refractivity contribution < 1.29 is 19.2 Å². The molecule has 1 aliphatic heterocycles. The Kier molecular flexibility index (Phi) is 3.07. The van der Waals surface area contributed by atoms with Crippen molar-refractivity contribution in [1.29, 1.82) is 0 Å². The van der Waals surface area contributed by atoms with Crippen LogP contribution in [0.2, 0.25) is 0 Å². The first-order valence-electron chi connectivity index (χ1n) is 5.99. The Morgan fingerprint density at radius 2 is 1.67 bits per heavy atom. The number of hydrogen-bond acceptors (Lipinski definition) is 4. The van der Waals surface area contributed by atoms with Gasteiger partial charge in [0.2, 0.25) is 0 Å². The molecule has 1 saturated heterocycles. The summed E-state index contributed by atoms with van der Waals surface area (Å²) >= 11 is 0. The van der Waals surface area contributed by atoms with Gasteiger partial charge in [0.15, 0.2) is 0 Å². The van der Waals surface area contributed by atoms with E-state index in [0.717, 1.165) is 0 Å². The summed E-state index contributed by atoms with van der Waals surface area (Å²) in [5.74, 6) is 0.812. The molecule has 1 N–H and O–H groups in total. The quantitative estimate of drug-likeness (QED) is 0.811. The van der Waals surface area contributed by atoms with Crippen LogP contribution in [0.15, 0.2) is 18.2 Å². The van der Waals surface area contributed by atoms with E-state index in [1.807, 2.05) is 27.7 Å². The molecule has 18 heavy (non-hydrogen) atoms. The van der Waals surface area contributed by atoms with E-state index in [-0.39, 0.29) is 5.75 Å². The van der Waals surface area contributed by atoms with Crippen molar-refractivity contribution in [2.24, 2.45) is 0 Å². The fourth-order valence-corrected chi connectivity index (χ4v) is 1.82. The second-order valence-corrected chi connectivity index (χ2v) is 5.51. The Hall–Kier alpha value is -1.20. The van der Waals surface area contributed by atoms with Crippen LogP contribution in [-0.2, 0) is 9.31 Å². The number of methoxy groups -OCH3 is 1. The van der Waals surface area contributed by atoms with Crippen molar-refractivity contribution in [2.75, 3.05) is 7.11 Å². The van der Waals surface area contributed by atoms with E-state index in [1.165, 1.54) is 0 Å². The van der Waals surface area contributed by atoms with E-state index in [1.54, 1.807) is 25.3 Å². The topological polar surface area (TPSA) is 47.9 Å². The van der Waals surface area contributed by atoms with Crippen LogP contribution in [0.25, 0.3) is 0 Å². The molecule has 0 amide bonds. The Bertz CT molecular complexity index is 440. The molecule has 0 radical (unpaired) electrons. The summed E-state index contributed by atoms with van der Waals surface area (Å²) in [7, 11) is 1.01. The zero-order chi connectivity index (χ0) is 13.6. The van der Waals surface area contributed by atoms with Crippen LogP contribution in [0.1, 0.15) is 27.7 Å². The summed E-state index contributed by atoms with van der Waals surface area (Å²) in [5, 5.41) is 9.92. The number of aromatic hydroxyl groups is 1. The zero-order valence-corrected chi connectivity index (χ0v) is 11.5. The van der Waals surface area contributed by atoms with Gasteiger partial charge in [0.05, 0.1) is 18.3 Å². The molecule has 98 valence electrons. The minimum Gasteiger partial charge on any atom is -0.508 e. The molecule has 0 saturated carbocycles. The maximum Gasteiger partial charge on any atom is 0.498 e. The van der Waals surface area contributed by atoms with Crippen LogP contribution in [0.3, 0.4) is 0 Å². The summed E-state index contributed by atoms with van der Waals surface area (Å²) in [6.07, 6.45) is 0. The first-order valence-corrected chi connectivity index (χ1v) is 5.99. The molecule has 0 spiro atoms. The molecular formula is C13H19BO4. The highest BCUT2D eigenvalue weighted by Gasteiger charge is 2.52. The minimum absolute atomic E-state index is 0.147. The van der Waals surface area contributed by atoms with Gasteiger partial charge in [0.1, 0.15) is 11.5 Å². The van der Waals surface area contributed by atoms with Crippen molar-refractivity contribution in [2.45, 2.75) is 38.9 Å². The van der Waals surface area contributed by atoms with Crippen LogP contribution < -0.4 is 10.2 Å². The van der Waals surface area contributed by atoms with Gasteiger partial charge in [-0.3, -0.25) is 0 Å². The van der Waals surface area contributed by atoms with Crippen LogP contribution in [-0.4, -0.2) is 30.5 Å². The predicted molar refractivity (Wildman–Crippen MR) is 70.4 cm³/mol. The molecule has 0 aliphatic carbocycles. The zero-order valence-electron chi connectivity index (χ0n) is 11.5. The van der Waals surface area contributed by atoms with Gasteiger partial charge < -0.3 is 19.2 Å². The van der Waals surface area contributed by atoms with Gasteiger partial charge in [0, 0.05) is 5.46 Å².